The number of aromatic hydroxyl groups is 2. The Labute approximate surface area is 228 Å². The number of ether oxygens (including phenoxy) is 1. The lowest BCUT2D eigenvalue weighted by Crippen LogP contribution is -1.98. The zero-order chi connectivity index (χ0) is 28.1. The molecule has 0 bridgehead atoms. The van der Waals surface area contributed by atoms with Crippen LogP contribution in [-0.4, -0.2) is 29.8 Å². The van der Waals surface area contributed by atoms with Crippen molar-refractivity contribution in [2.75, 3.05) is 7.11 Å². The highest BCUT2D eigenvalue weighted by Crippen LogP contribution is 2.36. The summed E-state index contributed by atoms with van der Waals surface area (Å²) >= 11 is 0. The first-order valence-electron chi connectivity index (χ1n) is 13.4. The number of phenolic OH excluding ortho intramolecular Hbond substituents is 2. The van der Waals surface area contributed by atoms with Crippen LogP contribution in [0.25, 0.3) is 0 Å². The Bertz CT molecular complexity index is 1330. The Hall–Kier alpha value is -3.60. The molecule has 0 aliphatic rings. The highest BCUT2D eigenvalue weighted by molar-refractivity contribution is 5.90. The molecule has 3 aromatic rings. The molecule has 38 heavy (non-hydrogen) atoms. The Morgan fingerprint density at radius 3 is 1.45 bits per heavy atom. The summed E-state index contributed by atoms with van der Waals surface area (Å²) in [5.74, 6) is 2.18. The van der Waals surface area contributed by atoms with Crippen LogP contribution >= 0.6 is 0 Å². The van der Waals surface area contributed by atoms with E-state index in [-0.39, 0.29) is 23.3 Å². The molecular formula is C33H42N2O3. The van der Waals surface area contributed by atoms with E-state index in [1.807, 2.05) is 30.3 Å². The average molecular weight is 515 g/mol. The predicted octanol–water partition coefficient (Wildman–Crippen LogP) is 9.10. The van der Waals surface area contributed by atoms with E-state index in [1.165, 1.54) is 0 Å². The molecule has 202 valence electrons. The third-order valence-corrected chi connectivity index (χ3v) is 6.83. The largest absolute Gasteiger partial charge is 0.507 e. The van der Waals surface area contributed by atoms with Crippen LogP contribution in [0.3, 0.4) is 0 Å². The molecule has 0 saturated heterocycles. The summed E-state index contributed by atoms with van der Waals surface area (Å²) in [7, 11) is 1.61. The van der Waals surface area contributed by atoms with E-state index < -0.39 is 0 Å². The average Bonchev–Trinajstić information content (AvgIpc) is 2.86. The lowest BCUT2D eigenvalue weighted by atomic mass is 9.92. The van der Waals surface area contributed by atoms with Gasteiger partial charge in [-0.1, -0.05) is 67.5 Å². The van der Waals surface area contributed by atoms with Crippen molar-refractivity contribution in [1.29, 1.82) is 0 Å². The fourth-order valence-corrected chi connectivity index (χ4v) is 4.27. The summed E-state index contributed by atoms with van der Waals surface area (Å²) in [4.78, 5) is 9.45. The third-order valence-electron chi connectivity index (χ3n) is 6.83. The number of phenols is 2. The van der Waals surface area contributed by atoms with E-state index in [0.717, 1.165) is 22.3 Å². The number of aliphatic imine (C=N–C) groups is 2. The van der Waals surface area contributed by atoms with Crippen molar-refractivity contribution in [3.8, 4) is 17.2 Å². The van der Waals surface area contributed by atoms with E-state index in [1.54, 1.807) is 19.5 Å². The van der Waals surface area contributed by atoms with Crippen LogP contribution in [0.15, 0.2) is 52.4 Å². The van der Waals surface area contributed by atoms with Gasteiger partial charge in [0.2, 0.25) is 0 Å². The summed E-state index contributed by atoms with van der Waals surface area (Å²) in [6.07, 6.45) is 3.39. The van der Waals surface area contributed by atoms with Crippen molar-refractivity contribution in [1.82, 2.24) is 0 Å². The lowest BCUT2D eigenvalue weighted by molar-refractivity contribution is 0.415. The van der Waals surface area contributed by atoms with Crippen LogP contribution in [0.5, 0.6) is 17.2 Å². The maximum absolute atomic E-state index is 11.0. The van der Waals surface area contributed by atoms with Crippen molar-refractivity contribution in [2.24, 2.45) is 9.98 Å². The van der Waals surface area contributed by atoms with Gasteiger partial charge < -0.3 is 14.9 Å². The minimum Gasteiger partial charge on any atom is -0.507 e. The smallest absolute Gasteiger partial charge is 0.127 e. The number of methoxy groups -OCH3 is 1. The maximum atomic E-state index is 11.0. The minimum absolute atomic E-state index is 0.183. The third kappa shape index (κ3) is 6.63. The van der Waals surface area contributed by atoms with Crippen LogP contribution in [-0.2, 0) is 0 Å². The second kappa shape index (κ2) is 12.3. The van der Waals surface area contributed by atoms with Gasteiger partial charge in [0.25, 0.3) is 0 Å². The van der Waals surface area contributed by atoms with Crippen LogP contribution in [0.2, 0.25) is 0 Å². The van der Waals surface area contributed by atoms with Gasteiger partial charge in [-0.05, 0) is 70.2 Å². The summed E-state index contributed by atoms with van der Waals surface area (Å²) in [5.41, 5.74) is 6.70. The van der Waals surface area contributed by atoms with E-state index in [9.17, 15) is 10.2 Å². The van der Waals surface area contributed by atoms with Crippen LogP contribution in [0.1, 0.15) is 112 Å². The Balaban J connectivity index is 2.09. The number of benzene rings is 3. The standard InChI is InChI=1S/C33H42N2O3/c1-19(2)23-12-25(32(36)28(14-23)21(5)6)17-34-30-11-10-27(38-9)16-31(30)35-18-26-13-24(20(3)4)15-29(22(7)8)33(26)37/h10-22,36-37H,1-9H3. The first kappa shape index (κ1) is 29.0. The highest BCUT2D eigenvalue weighted by atomic mass is 16.5. The molecule has 0 aromatic heterocycles. The van der Waals surface area contributed by atoms with Gasteiger partial charge in [0.1, 0.15) is 17.2 Å². The van der Waals surface area contributed by atoms with Gasteiger partial charge in [-0.15, -0.1) is 0 Å². The molecular weight excluding hydrogens is 472 g/mol. The molecule has 0 aliphatic carbocycles. The molecule has 0 amide bonds. The number of rotatable bonds is 9. The first-order chi connectivity index (χ1) is 17.9. The Kier molecular flexibility index (Phi) is 9.37. The molecule has 2 N–H and O–H groups in total. The monoisotopic (exact) mass is 514 g/mol. The Morgan fingerprint density at radius 2 is 1.05 bits per heavy atom. The van der Waals surface area contributed by atoms with Crippen molar-refractivity contribution < 1.29 is 14.9 Å². The highest BCUT2D eigenvalue weighted by Gasteiger charge is 2.15. The van der Waals surface area contributed by atoms with Gasteiger partial charge in [0.05, 0.1) is 18.5 Å². The summed E-state index contributed by atoms with van der Waals surface area (Å²) < 4.78 is 5.44. The first-order valence-corrected chi connectivity index (χ1v) is 13.4. The molecule has 0 atom stereocenters. The van der Waals surface area contributed by atoms with Crippen molar-refractivity contribution in [2.45, 2.75) is 79.1 Å². The normalized spacial score (nSPS) is 12.2. The van der Waals surface area contributed by atoms with Crippen LogP contribution in [0.4, 0.5) is 11.4 Å². The fourth-order valence-electron chi connectivity index (χ4n) is 4.27. The van der Waals surface area contributed by atoms with Gasteiger partial charge in [-0.3, -0.25) is 9.98 Å². The van der Waals surface area contributed by atoms with Crippen LogP contribution < -0.4 is 4.74 Å². The summed E-state index contributed by atoms with van der Waals surface area (Å²) in [6, 6.07) is 13.6. The van der Waals surface area contributed by atoms with E-state index >= 15 is 0 Å². The molecule has 0 unspecified atom stereocenters. The molecule has 0 heterocycles. The van der Waals surface area contributed by atoms with E-state index in [0.29, 0.717) is 40.1 Å². The van der Waals surface area contributed by atoms with E-state index in [4.69, 9.17) is 14.7 Å². The number of hydrogen-bond donors (Lipinski definition) is 2. The zero-order valence-corrected chi connectivity index (χ0v) is 24.2. The molecule has 0 radical (unpaired) electrons. The number of hydrogen-bond acceptors (Lipinski definition) is 5. The fraction of sp³-hybridized carbons (Fsp3) is 0.394. The number of nitrogens with zero attached hydrogens (tertiary/aromatic N) is 2. The molecule has 3 aromatic carbocycles. The summed E-state index contributed by atoms with van der Waals surface area (Å²) in [5, 5.41) is 21.9. The van der Waals surface area contributed by atoms with Gasteiger partial charge in [-0.2, -0.15) is 0 Å². The van der Waals surface area contributed by atoms with Gasteiger partial charge in [0, 0.05) is 29.6 Å². The molecule has 0 fully saturated rings. The van der Waals surface area contributed by atoms with Crippen LogP contribution in [0, 0.1) is 0 Å². The van der Waals surface area contributed by atoms with Gasteiger partial charge >= 0.3 is 0 Å². The molecule has 0 saturated carbocycles. The van der Waals surface area contributed by atoms with Crippen molar-refractivity contribution >= 4 is 23.8 Å². The Morgan fingerprint density at radius 1 is 0.605 bits per heavy atom. The second-order valence-electron chi connectivity index (χ2n) is 11.1. The minimum atomic E-state index is 0.183. The molecule has 0 spiro atoms. The molecule has 0 aliphatic heterocycles. The summed E-state index contributed by atoms with van der Waals surface area (Å²) in [6.45, 7) is 16.9. The second-order valence-corrected chi connectivity index (χ2v) is 11.1. The topological polar surface area (TPSA) is 74.4 Å². The maximum Gasteiger partial charge on any atom is 0.127 e. The van der Waals surface area contributed by atoms with E-state index in [2.05, 4.69) is 67.5 Å². The SMILES string of the molecule is COc1ccc(N=Cc2cc(C(C)C)cc(C(C)C)c2O)c(N=Cc2cc(C(C)C)cc(C(C)C)c2O)c1. The molecule has 5 heteroatoms. The molecule has 3 rings (SSSR count). The van der Waals surface area contributed by atoms with Gasteiger partial charge in [-0.25, -0.2) is 0 Å². The quantitative estimate of drug-likeness (QED) is 0.280. The predicted molar refractivity (Wildman–Crippen MR) is 160 cm³/mol. The zero-order valence-electron chi connectivity index (χ0n) is 24.2. The van der Waals surface area contributed by atoms with Crippen molar-refractivity contribution in [3.63, 3.8) is 0 Å². The lowest BCUT2D eigenvalue weighted by Gasteiger charge is -2.16. The molecule has 5 nitrogen and oxygen atoms in total. The van der Waals surface area contributed by atoms with Gasteiger partial charge in [0.15, 0.2) is 0 Å². The van der Waals surface area contributed by atoms with Crippen molar-refractivity contribution in [3.05, 3.63) is 75.8 Å².